The topological polar surface area (TPSA) is 104 Å². The summed E-state index contributed by atoms with van der Waals surface area (Å²) in [7, 11) is 3.07. The maximum atomic E-state index is 13.1. The van der Waals surface area contributed by atoms with E-state index < -0.39 is 0 Å². The van der Waals surface area contributed by atoms with Gasteiger partial charge in [0, 0.05) is 35.8 Å². The molecule has 0 bridgehead atoms. The Bertz CT molecular complexity index is 1270. The predicted molar refractivity (Wildman–Crippen MR) is 140 cm³/mol. The van der Waals surface area contributed by atoms with Gasteiger partial charge < -0.3 is 19.8 Å². The second-order valence-electron chi connectivity index (χ2n) is 8.45. The molecule has 9 nitrogen and oxygen atoms in total. The van der Waals surface area contributed by atoms with Gasteiger partial charge in [-0.25, -0.2) is 0 Å². The number of anilines is 1. The Kier molecular flexibility index (Phi) is 8.04. The van der Waals surface area contributed by atoms with Crippen LogP contribution < -0.4 is 14.8 Å². The van der Waals surface area contributed by atoms with Crippen molar-refractivity contribution in [2.75, 3.05) is 44.1 Å². The van der Waals surface area contributed by atoms with E-state index in [1.807, 2.05) is 31.2 Å². The number of ether oxygens (including phenoxy) is 2. The first kappa shape index (κ1) is 25.4. The summed E-state index contributed by atoms with van der Waals surface area (Å²) < 4.78 is 10.5. The average molecular weight is 511 g/mol. The Morgan fingerprint density at radius 1 is 1.00 bits per heavy atom. The molecule has 10 heteroatoms. The molecular weight excluding hydrogens is 480 g/mol. The highest BCUT2D eigenvalue weighted by atomic mass is 32.2. The number of amides is 3. The molecule has 1 aliphatic rings. The lowest BCUT2D eigenvalue weighted by Gasteiger charge is -2.28. The minimum absolute atomic E-state index is 0.0857. The number of thioether (sulfide) groups is 1. The largest absolute Gasteiger partial charge is 0.497 e. The summed E-state index contributed by atoms with van der Waals surface area (Å²) in [6, 6.07) is 13.0. The van der Waals surface area contributed by atoms with E-state index >= 15 is 0 Å². The number of aromatic nitrogens is 1. The monoisotopic (exact) mass is 510 g/mol. The molecule has 1 fully saturated rings. The number of carbonyl (C=O) groups excluding carboxylic acids is 3. The lowest BCUT2D eigenvalue weighted by molar-refractivity contribution is -0.155. The van der Waals surface area contributed by atoms with Crippen molar-refractivity contribution in [3.8, 4) is 11.5 Å². The van der Waals surface area contributed by atoms with Gasteiger partial charge in [0.15, 0.2) is 0 Å². The van der Waals surface area contributed by atoms with E-state index in [0.717, 1.165) is 28.6 Å². The Balaban J connectivity index is 1.31. The van der Waals surface area contributed by atoms with Crippen LogP contribution in [0.4, 0.5) is 5.69 Å². The van der Waals surface area contributed by atoms with Gasteiger partial charge in [-0.1, -0.05) is 18.2 Å². The first-order chi connectivity index (χ1) is 17.4. The van der Waals surface area contributed by atoms with Crippen molar-refractivity contribution in [3.63, 3.8) is 0 Å². The number of rotatable bonds is 9. The number of H-pyrrole nitrogens is 1. The predicted octanol–water partition coefficient (Wildman–Crippen LogP) is 3.38. The van der Waals surface area contributed by atoms with Crippen LogP contribution in [0.25, 0.3) is 10.9 Å². The van der Waals surface area contributed by atoms with Crippen LogP contribution in [0.3, 0.4) is 0 Å². The first-order valence-electron chi connectivity index (χ1n) is 11.7. The molecule has 0 unspecified atom stereocenters. The Morgan fingerprint density at radius 3 is 2.50 bits per heavy atom. The van der Waals surface area contributed by atoms with Gasteiger partial charge in [-0.2, -0.15) is 0 Å². The number of carbonyl (C=O) groups is 3. The number of hydrazine groups is 1. The number of nitrogens with one attached hydrogen (secondary N) is 2. The van der Waals surface area contributed by atoms with Crippen LogP contribution in [0.5, 0.6) is 11.5 Å². The minimum Gasteiger partial charge on any atom is -0.497 e. The van der Waals surface area contributed by atoms with Crippen molar-refractivity contribution >= 4 is 46.1 Å². The molecule has 1 aliphatic heterocycles. The van der Waals surface area contributed by atoms with Crippen molar-refractivity contribution in [1.29, 1.82) is 0 Å². The SMILES string of the molecule is COc1ccc(OC)c(NC(=O)CSCC(=O)N2CCCN2C(=O)Cc2c(C)[nH]c3ccccc23)c1. The van der Waals surface area contributed by atoms with E-state index in [4.69, 9.17) is 9.47 Å². The molecule has 0 spiro atoms. The van der Waals surface area contributed by atoms with E-state index in [2.05, 4.69) is 10.3 Å². The van der Waals surface area contributed by atoms with Gasteiger partial charge in [-0.3, -0.25) is 24.4 Å². The number of benzene rings is 2. The smallest absolute Gasteiger partial charge is 0.251 e. The summed E-state index contributed by atoms with van der Waals surface area (Å²) in [5.74, 6) is 0.733. The van der Waals surface area contributed by atoms with Gasteiger partial charge in [0.25, 0.3) is 5.91 Å². The van der Waals surface area contributed by atoms with Gasteiger partial charge in [0.05, 0.1) is 37.8 Å². The minimum atomic E-state index is -0.261. The number of aromatic amines is 1. The van der Waals surface area contributed by atoms with Crippen LogP contribution in [0.2, 0.25) is 0 Å². The fourth-order valence-electron chi connectivity index (χ4n) is 4.34. The van der Waals surface area contributed by atoms with Gasteiger partial charge in [-0.15, -0.1) is 11.8 Å². The zero-order chi connectivity index (χ0) is 25.7. The maximum Gasteiger partial charge on any atom is 0.251 e. The van der Waals surface area contributed by atoms with Crippen LogP contribution in [0.1, 0.15) is 17.7 Å². The maximum absolute atomic E-state index is 13.1. The number of hydrogen-bond donors (Lipinski definition) is 2. The second-order valence-corrected chi connectivity index (χ2v) is 9.43. The molecule has 1 aromatic heterocycles. The Hall–Kier alpha value is -3.66. The highest BCUT2D eigenvalue weighted by Crippen LogP contribution is 2.29. The van der Waals surface area contributed by atoms with Gasteiger partial charge in [0.1, 0.15) is 11.5 Å². The van der Waals surface area contributed by atoms with Crippen molar-refractivity contribution in [3.05, 3.63) is 53.7 Å². The highest BCUT2D eigenvalue weighted by molar-refractivity contribution is 8.00. The van der Waals surface area contributed by atoms with Crippen LogP contribution in [0.15, 0.2) is 42.5 Å². The summed E-state index contributed by atoms with van der Waals surface area (Å²) in [4.78, 5) is 41.8. The van der Waals surface area contributed by atoms with E-state index in [1.165, 1.54) is 23.9 Å². The molecule has 3 amide bonds. The summed E-state index contributed by atoms with van der Waals surface area (Å²) in [5, 5.41) is 6.88. The van der Waals surface area contributed by atoms with Gasteiger partial charge in [-0.05, 0) is 37.1 Å². The molecule has 0 saturated carbocycles. The molecule has 2 N–H and O–H groups in total. The average Bonchev–Trinajstić information content (AvgIpc) is 3.49. The number of aryl methyl sites for hydroxylation is 1. The Morgan fingerprint density at radius 2 is 1.75 bits per heavy atom. The molecule has 3 aromatic rings. The van der Waals surface area contributed by atoms with Crippen LogP contribution in [-0.2, 0) is 20.8 Å². The fraction of sp³-hybridized carbons (Fsp3) is 0.346. The standard InChI is InChI=1S/C26H30N4O5S/c1-17-20(19-7-4-5-8-21(19)27-17)14-25(32)29-11-6-12-30(29)26(33)16-36-15-24(31)28-22-13-18(34-2)9-10-23(22)35-3/h4-5,7-10,13,27H,6,11-12,14-16H2,1-3H3,(H,28,31). The molecule has 0 aliphatic carbocycles. The first-order valence-corrected chi connectivity index (χ1v) is 12.8. The molecule has 190 valence electrons. The van der Waals surface area contributed by atoms with Crippen molar-refractivity contribution in [2.45, 2.75) is 19.8 Å². The molecular formula is C26H30N4O5S. The molecule has 4 rings (SSSR count). The van der Waals surface area contributed by atoms with Gasteiger partial charge in [0.2, 0.25) is 11.8 Å². The quantitative estimate of drug-likeness (QED) is 0.457. The van der Waals surface area contributed by atoms with Crippen molar-refractivity contribution in [1.82, 2.24) is 15.0 Å². The summed E-state index contributed by atoms with van der Waals surface area (Å²) >= 11 is 1.20. The summed E-state index contributed by atoms with van der Waals surface area (Å²) in [6.45, 7) is 2.95. The molecule has 2 aromatic carbocycles. The molecule has 2 heterocycles. The van der Waals surface area contributed by atoms with E-state index in [9.17, 15) is 14.4 Å². The van der Waals surface area contributed by atoms with Crippen LogP contribution in [-0.4, -0.2) is 71.5 Å². The number of fused-ring (bicyclic) bond motifs is 1. The molecule has 0 atom stereocenters. The number of nitrogens with zero attached hydrogens (tertiary/aromatic N) is 2. The Labute approximate surface area is 214 Å². The molecule has 0 radical (unpaired) electrons. The number of hydrogen-bond acceptors (Lipinski definition) is 6. The zero-order valence-electron chi connectivity index (χ0n) is 20.6. The number of methoxy groups -OCH3 is 2. The number of para-hydroxylation sites is 1. The normalized spacial score (nSPS) is 13.2. The fourth-order valence-corrected chi connectivity index (χ4v) is 5.02. The van der Waals surface area contributed by atoms with Crippen molar-refractivity contribution in [2.24, 2.45) is 0 Å². The third kappa shape index (κ3) is 5.59. The van der Waals surface area contributed by atoms with Gasteiger partial charge >= 0.3 is 0 Å². The lowest BCUT2D eigenvalue weighted by Crippen LogP contribution is -2.46. The third-order valence-corrected chi connectivity index (χ3v) is 7.02. The zero-order valence-corrected chi connectivity index (χ0v) is 21.4. The van der Waals surface area contributed by atoms with E-state index in [-0.39, 0.29) is 35.6 Å². The van der Waals surface area contributed by atoms with Crippen LogP contribution >= 0.6 is 11.8 Å². The summed E-state index contributed by atoms with van der Waals surface area (Å²) in [5.41, 5.74) is 3.40. The highest BCUT2D eigenvalue weighted by Gasteiger charge is 2.31. The second kappa shape index (κ2) is 11.4. The van der Waals surface area contributed by atoms with E-state index in [0.29, 0.717) is 30.3 Å². The summed E-state index contributed by atoms with van der Waals surface area (Å²) in [6.07, 6.45) is 0.947. The lowest BCUT2D eigenvalue weighted by atomic mass is 10.1. The third-order valence-electron chi connectivity index (χ3n) is 6.10. The van der Waals surface area contributed by atoms with Crippen LogP contribution in [0, 0.1) is 6.92 Å². The van der Waals surface area contributed by atoms with E-state index in [1.54, 1.807) is 30.3 Å². The van der Waals surface area contributed by atoms with Crippen molar-refractivity contribution < 1.29 is 23.9 Å². The molecule has 1 saturated heterocycles. The molecule has 36 heavy (non-hydrogen) atoms.